The SMILES string of the molecule is CCC1=[C]C2=C(CCCC2)C1CC. The molecule has 1 radical (unpaired) electrons. The van der Waals surface area contributed by atoms with Crippen LogP contribution in [0, 0.1) is 12.0 Å². The first kappa shape index (κ1) is 9.05. The third kappa shape index (κ3) is 1.47. The smallest absolute Gasteiger partial charge is 0.00196 e. The van der Waals surface area contributed by atoms with E-state index in [1.807, 2.05) is 0 Å². The zero-order valence-corrected chi connectivity index (χ0v) is 8.82. The Balaban J connectivity index is 2.24. The van der Waals surface area contributed by atoms with Gasteiger partial charge in [0.2, 0.25) is 0 Å². The van der Waals surface area contributed by atoms with Gasteiger partial charge in [0.1, 0.15) is 0 Å². The highest BCUT2D eigenvalue weighted by atomic mass is 14.3. The van der Waals surface area contributed by atoms with Gasteiger partial charge in [-0.05, 0) is 50.2 Å². The van der Waals surface area contributed by atoms with Gasteiger partial charge in [-0.1, -0.05) is 25.0 Å². The van der Waals surface area contributed by atoms with Crippen LogP contribution in [0.4, 0.5) is 0 Å². The Bertz CT molecular complexity index is 255. The fourth-order valence-corrected chi connectivity index (χ4v) is 2.77. The van der Waals surface area contributed by atoms with Crippen molar-refractivity contribution in [3.63, 3.8) is 0 Å². The molecule has 0 aromatic rings. The summed E-state index contributed by atoms with van der Waals surface area (Å²) in [6.45, 7) is 4.58. The Morgan fingerprint density at radius 3 is 2.69 bits per heavy atom. The van der Waals surface area contributed by atoms with Gasteiger partial charge >= 0.3 is 0 Å². The van der Waals surface area contributed by atoms with Crippen molar-refractivity contribution in [3.8, 4) is 0 Å². The van der Waals surface area contributed by atoms with E-state index in [-0.39, 0.29) is 0 Å². The van der Waals surface area contributed by atoms with E-state index >= 15 is 0 Å². The van der Waals surface area contributed by atoms with Gasteiger partial charge in [-0.2, -0.15) is 0 Å². The first-order valence-electron chi connectivity index (χ1n) is 5.71. The monoisotopic (exact) mass is 175 g/mol. The van der Waals surface area contributed by atoms with E-state index in [9.17, 15) is 0 Å². The molecule has 1 unspecified atom stereocenters. The van der Waals surface area contributed by atoms with Crippen molar-refractivity contribution in [2.75, 3.05) is 0 Å². The van der Waals surface area contributed by atoms with E-state index in [1.54, 1.807) is 16.7 Å². The van der Waals surface area contributed by atoms with Crippen LogP contribution in [0.3, 0.4) is 0 Å². The molecule has 0 heteroatoms. The summed E-state index contributed by atoms with van der Waals surface area (Å²) in [7, 11) is 0. The number of allylic oxidation sites excluding steroid dienone is 4. The molecule has 13 heavy (non-hydrogen) atoms. The maximum atomic E-state index is 3.64. The Hall–Kier alpha value is -0.520. The van der Waals surface area contributed by atoms with Crippen molar-refractivity contribution >= 4 is 0 Å². The molecule has 0 bridgehead atoms. The van der Waals surface area contributed by atoms with E-state index in [0.717, 1.165) is 5.92 Å². The number of hydrogen-bond donors (Lipinski definition) is 0. The van der Waals surface area contributed by atoms with E-state index in [1.165, 1.54) is 38.5 Å². The Morgan fingerprint density at radius 1 is 1.23 bits per heavy atom. The minimum absolute atomic E-state index is 0.778. The Kier molecular flexibility index (Phi) is 2.57. The summed E-state index contributed by atoms with van der Waals surface area (Å²) in [5.41, 5.74) is 4.90. The summed E-state index contributed by atoms with van der Waals surface area (Å²) in [6.07, 6.45) is 11.6. The quantitative estimate of drug-likeness (QED) is 0.594. The molecule has 1 atom stereocenters. The zero-order chi connectivity index (χ0) is 9.26. The molecule has 0 heterocycles. The van der Waals surface area contributed by atoms with Crippen molar-refractivity contribution in [1.82, 2.24) is 0 Å². The van der Waals surface area contributed by atoms with Crippen LogP contribution in [0.25, 0.3) is 0 Å². The second kappa shape index (κ2) is 3.69. The molecule has 0 nitrogen and oxygen atoms in total. The summed E-state index contributed by atoms with van der Waals surface area (Å²) in [6, 6.07) is 0. The molecule has 0 spiro atoms. The summed E-state index contributed by atoms with van der Waals surface area (Å²) in [4.78, 5) is 0. The zero-order valence-electron chi connectivity index (χ0n) is 8.82. The highest BCUT2D eigenvalue weighted by molar-refractivity contribution is 5.39. The fourth-order valence-electron chi connectivity index (χ4n) is 2.77. The lowest BCUT2D eigenvalue weighted by molar-refractivity contribution is 0.591. The van der Waals surface area contributed by atoms with Gasteiger partial charge in [-0.3, -0.25) is 0 Å². The molecule has 2 aliphatic carbocycles. The maximum absolute atomic E-state index is 3.64. The third-order valence-electron chi connectivity index (χ3n) is 3.45. The van der Waals surface area contributed by atoms with Gasteiger partial charge in [0.05, 0.1) is 0 Å². The van der Waals surface area contributed by atoms with Gasteiger partial charge in [0.15, 0.2) is 0 Å². The van der Waals surface area contributed by atoms with Crippen molar-refractivity contribution in [1.29, 1.82) is 0 Å². The first-order valence-corrected chi connectivity index (χ1v) is 5.71. The van der Waals surface area contributed by atoms with Crippen LogP contribution in [0.15, 0.2) is 16.7 Å². The highest BCUT2D eigenvalue weighted by Gasteiger charge is 2.26. The molecular weight excluding hydrogens is 156 g/mol. The average Bonchev–Trinajstić information content (AvgIpc) is 2.55. The number of rotatable bonds is 2. The summed E-state index contributed by atoms with van der Waals surface area (Å²) < 4.78 is 0. The average molecular weight is 175 g/mol. The standard InChI is InChI=1S/C13H19/c1-3-10-9-11-7-5-6-8-13(11)12(10)4-2/h12H,3-8H2,1-2H3. The lowest BCUT2D eigenvalue weighted by atomic mass is 9.85. The van der Waals surface area contributed by atoms with Gasteiger partial charge < -0.3 is 0 Å². The molecule has 71 valence electrons. The van der Waals surface area contributed by atoms with Gasteiger partial charge in [-0.25, -0.2) is 0 Å². The highest BCUT2D eigenvalue weighted by Crippen LogP contribution is 2.42. The maximum Gasteiger partial charge on any atom is 0.00196 e. The van der Waals surface area contributed by atoms with E-state index in [2.05, 4.69) is 19.9 Å². The molecule has 2 aliphatic rings. The van der Waals surface area contributed by atoms with Crippen molar-refractivity contribution in [3.05, 3.63) is 22.8 Å². The van der Waals surface area contributed by atoms with Crippen LogP contribution in [-0.4, -0.2) is 0 Å². The molecule has 0 N–H and O–H groups in total. The second-order valence-electron chi connectivity index (χ2n) is 4.18. The Morgan fingerprint density at radius 2 is 2.00 bits per heavy atom. The second-order valence-corrected chi connectivity index (χ2v) is 4.18. The number of hydrogen-bond acceptors (Lipinski definition) is 0. The topological polar surface area (TPSA) is 0 Å². The molecule has 0 amide bonds. The minimum atomic E-state index is 0.778. The largest absolute Gasteiger partial charge is 0.0645 e. The molecule has 0 aliphatic heterocycles. The van der Waals surface area contributed by atoms with E-state index < -0.39 is 0 Å². The van der Waals surface area contributed by atoms with E-state index in [0.29, 0.717) is 0 Å². The first-order chi connectivity index (χ1) is 6.36. The molecular formula is C13H19. The third-order valence-corrected chi connectivity index (χ3v) is 3.45. The molecule has 0 aromatic heterocycles. The predicted octanol–water partition coefficient (Wildman–Crippen LogP) is 4.04. The molecule has 0 aromatic carbocycles. The van der Waals surface area contributed by atoms with Crippen LogP contribution in [0.1, 0.15) is 52.4 Å². The Labute approximate surface area is 81.7 Å². The fraction of sp³-hybridized carbons (Fsp3) is 0.692. The van der Waals surface area contributed by atoms with Crippen LogP contribution in [-0.2, 0) is 0 Å². The van der Waals surface area contributed by atoms with Gasteiger partial charge in [0, 0.05) is 5.92 Å². The lowest BCUT2D eigenvalue weighted by Crippen LogP contribution is -2.05. The minimum Gasteiger partial charge on any atom is -0.0645 e. The van der Waals surface area contributed by atoms with Crippen molar-refractivity contribution < 1.29 is 0 Å². The van der Waals surface area contributed by atoms with Crippen molar-refractivity contribution in [2.45, 2.75) is 52.4 Å². The lowest BCUT2D eigenvalue weighted by Gasteiger charge is -2.20. The van der Waals surface area contributed by atoms with Crippen LogP contribution < -0.4 is 0 Å². The van der Waals surface area contributed by atoms with Crippen LogP contribution in [0.2, 0.25) is 0 Å². The van der Waals surface area contributed by atoms with Gasteiger partial charge in [0.25, 0.3) is 0 Å². The van der Waals surface area contributed by atoms with Crippen molar-refractivity contribution in [2.24, 2.45) is 5.92 Å². The molecule has 0 saturated carbocycles. The summed E-state index contributed by atoms with van der Waals surface area (Å²) in [5, 5.41) is 0. The van der Waals surface area contributed by atoms with Gasteiger partial charge in [-0.15, -0.1) is 0 Å². The van der Waals surface area contributed by atoms with Crippen LogP contribution in [0.5, 0.6) is 0 Å². The van der Waals surface area contributed by atoms with Crippen LogP contribution >= 0.6 is 0 Å². The molecule has 0 saturated heterocycles. The summed E-state index contributed by atoms with van der Waals surface area (Å²) >= 11 is 0. The molecule has 0 fully saturated rings. The molecule has 2 rings (SSSR count). The normalized spacial score (nSPS) is 27.5. The predicted molar refractivity (Wildman–Crippen MR) is 56.3 cm³/mol. The van der Waals surface area contributed by atoms with E-state index in [4.69, 9.17) is 0 Å². The summed E-state index contributed by atoms with van der Waals surface area (Å²) in [5.74, 6) is 0.778.